The fourth-order valence-corrected chi connectivity index (χ4v) is 4.42. The number of sulfonamides is 1. The van der Waals surface area contributed by atoms with Crippen molar-refractivity contribution < 1.29 is 8.42 Å². The van der Waals surface area contributed by atoms with Crippen LogP contribution in [0.15, 0.2) is 46.7 Å². The summed E-state index contributed by atoms with van der Waals surface area (Å²) in [6.07, 6.45) is 2.00. The van der Waals surface area contributed by atoms with Crippen LogP contribution in [0.4, 0.5) is 0 Å². The number of rotatable bonds is 6. The third-order valence-corrected chi connectivity index (χ3v) is 6.16. The van der Waals surface area contributed by atoms with Gasteiger partial charge in [-0.2, -0.15) is 16.1 Å². The van der Waals surface area contributed by atoms with Gasteiger partial charge in [-0.3, -0.25) is 0 Å². The van der Waals surface area contributed by atoms with Crippen molar-refractivity contribution in [2.24, 2.45) is 0 Å². The van der Waals surface area contributed by atoms with Gasteiger partial charge in [-0.25, -0.2) is 8.42 Å². The summed E-state index contributed by atoms with van der Waals surface area (Å²) >= 11 is 3.24. The molecule has 0 bridgehead atoms. The summed E-state index contributed by atoms with van der Waals surface area (Å²) in [7, 11) is -1.80. The number of nitrogens with zero attached hydrogens (tertiary/aromatic N) is 1. The Balaban J connectivity index is 2.22. The first-order valence-electron chi connectivity index (χ1n) is 6.10. The normalized spacial score (nSPS) is 11.9. The molecule has 1 aromatic heterocycles. The second-order valence-corrected chi connectivity index (χ2v) is 8.36. The molecule has 0 aliphatic heterocycles. The maximum absolute atomic E-state index is 12.5. The molecule has 0 saturated heterocycles. The van der Waals surface area contributed by atoms with Crippen LogP contribution in [0.2, 0.25) is 0 Å². The standard InChI is InChI=1S/C14H17NO2S3/c1-15(10-13-6-4-8-19-13)20(16,17)14-7-3-5-12(9-14)11-18-2/h3-9H,10-11H2,1-2H3. The molecule has 0 amide bonds. The van der Waals surface area contributed by atoms with Gasteiger partial charge in [0.15, 0.2) is 0 Å². The van der Waals surface area contributed by atoms with Crippen LogP contribution >= 0.6 is 23.1 Å². The van der Waals surface area contributed by atoms with Crippen molar-refractivity contribution in [1.29, 1.82) is 0 Å². The van der Waals surface area contributed by atoms with E-state index in [0.29, 0.717) is 11.4 Å². The van der Waals surface area contributed by atoms with E-state index in [4.69, 9.17) is 0 Å². The summed E-state index contributed by atoms with van der Waals surface area (Å²) in [6, 6.07) is 11.0. The van der Waals surface area contributed by atoms with Crippen LogP contribution in [-0.2, 0) is 22.3 Å². The molecule has 1 heterocycles. The zero-order valence-electron chi connectivity index (χ0n) is 11.4. The zero-order chi connectivity index (χ0) is 14.6. The lowest BCUT2D eigenvalue weighted by Crippen LogP contribution is -2.26. The van der Waals surface area contributed by atoms with Gasteiger partial charge in [0.25, 0.3) is 0 Å². The van der Waals surface area contributed by atoms with Gasteiger partial charge in [-0.1, -0.05) is 18.2 Å². The smallest absolute Gasteiger partial charge is 0.207 e. The molecule has 2 rings (SSSR count). The van der Waals surface area contributed by atoms with Crippen LogP contribution in [0.25, 0.3) is 0 Å². The SMILES string of the molecule is CSCc1cccc(S(=O)(=O)N(C)Cc2cccs2)c1. The molecule has 0 unspecified atom stereocenters. The van der Waals surface area contributed by atoms with E-state index in [9.17, 15) is 8.42 Å². The molecule has 2 aromatic rings. The lowest BCUT2D eigenvalue weighted by molar-refractivity contribution is 0.469. The molecule has 0 saturated carbocycles. The Hall–Kier alpha value is -0.820. The molecule has 0 aliphatic carbocycles. The number of thiophene rings is 1. The molecule has 1 aromatic carbocycles. The molecule has 3 nitrogen and oxygen atoms in total. The average Bonchev–Trinajstić information content (AvgIpc) is 2.92. The van der Waals surface area contributed by atoms with Crippen LogP contribution in [0.1, 0.15) is 10.4 Å². The number of thioether (sulfide) groups is 1. The first kappa shape index (κ1) is 15.6. The van der Waals surface area contributed by atoms with E-state index < -0.39 is 10.0 Å². The minimum absolute atomic E-state index is 0.364. The van der Waals surface area contributed by atoms with Gasteiger partial charge in [0.2, 0.25) is 10.0 Å². The van der Waals surface area contributed by atoms with E-state index in [1.165, 1.54) is 4.31 Å². The summed E-state index contributed by atoms with van der Waals surface area (Å²) in [6.45, 7) is 0.409. The maximum Gasteiger partial charge on any atom is 0.243 e. The van der Waals surface area contributed by atoms with Crippen molar-refractivity contribution in [3.05, 3.63) is 52.2 Å². The van der Waals surface area contributed by atoms with Crippen LogP contribution in [0.5, 0.6) is 0 Å². The topological polar surface area (TPSA) is 37.4 Å². The second kappa shape index (κ2) is 6.76. The predicted octanol–water partition coefficient (Wildman–Crippen LogP) is 3.43. The van der Waals surface area contributed by atoms with E-state index in [-0.39, 0.29) is 0 Å². The second-order valence-electron chi connectivity index (χ2n) is 4.42. The van der Waals surface area contributed by atoms with E-state index in [1.54, 1.807) is 48.3 Å². The predicted molar refractivity (Wildman–Crippen MR) is 86.6 cm³/mol. The molecule has 0 spiro atoms. The fourth-order valence-electron chi connectivity index (χ4n) is 1.85. The third kappa shape index (κ3) is 3.63. The summed E-state index contributed by atoms with van der Waals surface area (Å²) in [4.78, 5) is 1.40. The molecule has 0 atom stereocenters. The lowest BCUT2D eigenvalue weighted by Gasteiger charge is -2.16. The molecular formula is C14H17NO2S3. The van der Waals surface area contributed by atoms with Crippen molar-refractivity contribution in [2.75, 3.05) is 13.3 Å². The van der Waals surface area contributed by atoms with Crippen molar-refractivity contribution in [3.8, 4) is 0 Å². The molecule has 0 fully saturated rings. The lowest BCUT2D eigenvalue weighted by atomic mass is 10.2. The van der Waals surface area contributed by atoms with Gasteiger partial charge in [0.1, 0.15) is 0 Å². The quantitative estimate of drug-likeness (QED) is 0.816. The molecule has 0 N–H and O–H groups in total. The van der Waals surface area contributed by atoms with E-state index in [0.717, 1.165) is 16.2 Å². The van der Waals surface area contributed by atoms with E-state index in [1.807, 2.05) is 29.8 Å². The average molecular weight is 327 g/mol. The van der Waals surface area contributed by atoms with Gasteiger partial charge >= 0.3 is 0 Å². The van der Waals surface area contributed by atoms with Crippen LogP contribution in [0.3, 0.4) is 0 Å². The number of hydrogen-bond acceptors (Lipinski definition) is 4. The molecule has 0 radical (unpaired) electrons. The minimum Gasteiger partial charge on any atom is -0.207 e. The molecule has 0 aliphatic rings. The number of hydrogen-bond donors (Lipinski definition) is 0. The summed E-state index contributed by atoms with van der Waals surface area (Å²) in [5.74, 6) is 0.817. The summed E-state index contributed by atoms with van der Waals surface area (Å²) < 4.78 is 26.5. The maximum atomic E-state index is 12.5. The Morgan fingerprint density at radius 1 is 1.25 bits per heavy atom. The fraction of sp³-hybridized carbons (Fsp3) is 0.286. The highest BCUT2D eigenvalue weighted by Gasteiger charge is 2.21. The largest absolute Gasteiger partial charge is 0.243 e. The molecule has 20 heavy (non-hydrogen) atoms. The molecular weight excluding hydrogens is 310 g/mol. The van der Waals surface area contributed by atoms with Gasteiger partial charge in [0.05, 0.1) is 4.90 Å². The van der Waals surface area contributed by atoms with Crippen LogP contribution < -0.4 is 0 Å². The minimum atomic E-state index is -3.43. The number of benzene rings is 1. The van der Waals surface area contributed by atoms with Crippen LogP contribution in [0, 0.1) is 0 Å². The molecule has 6 heteroatoms. The van der Waals surface area contributed by atoms with Gasteiger partial charge in [0, 0.05) is 24.2 Å². The van der Waals surface area contributed by atoms with Crippen molar-refractivity contribution >= 4 is 33.1 Å². The third-order valence-electron chi connectivity index (χ3n) is 2.88. The Bertz CT molecular complexity index is 651. The van der Waals surface area contributed by atoms with Crippen molar-refractivity contribution in [3.63, 3.8) is 0 Å². The monoisotopic (exact) mass is 327 g/mol. The van der Waals surface area contributed by atoms with Gasteiger partial charge < -0.3 is 0 Å². The van der Waals surface area contributed by atoms with Crippen molar-refractivity contribution in [2.45, 2.75) is 17.2 Å². The van der Waals surface area contributed by atoms with Gasteiger partial charge in [-0.05, 0) is 35.4 Å². The summed E-state index contributed by atoms with van der Waals surface area (Å²) in [5.41, 5.74) is 1.03. The highest BCUT2D eigenvalue weighted by Crippen LogP contribution is 2.21. The Morgan fingerprint density at radius 3 is 2.70 bits per heavy atom. The van der Waals surface area contributed by atoms with Gasteiger partial charge in [-0.15, -0.1) is 11.3 Å². The Labute approximate surface area is 128 Å². The summed E-state index contributed by atoms with van der Waals surface area (Å²) in [5, 5.41) is 1.95. The zero-order valence-corrected chi connectivity index (χ0v) is 13.9. The Kier molecular flexibility index (Phi) is 5.26. The first-order chi connectivity index (χ1) is 9.54. The first-order valence-corrected chi connectivity index (χ1v) is 9.82. The van der Waals surface area contributed by atoms with E-state index in [2.05, 4.69) is 0 Å². The van der Waals surface area contributed by atoms with Crippen LogP contribution in [-0.4, -0.2) is 26.0 Å². The highest BCUT2D eigenvalue weighted by atomic mass is 32.2. The van der Waals surface area contributed by atoms with E-state index >= 15 is 0 Å². The highest BCUT2D eigenvalue weighted by molar-refractivity contribution is 7.97. The Morgan fingerprint density at radius 2 is 2.05 bits per heavy atom. The van der Waals surface area contributed by atoms with Crippen molar-refractivity contribution in [1.82, 2.24) is 4.31 Å². The molecule has 108 valence electrons.